The molecule has 0 unspecified atom stereocenters. The van der Waals surface area contributed by atoms with Crippen LogP contribution >= 0.6 is 34.0 Å². The molecule has 3 aromatic heterocycles. The van der Waals surface area contributed by atoms with Gasteiger partial charge in [-0.1, -0.05) is 0 Å². The van der Waals surface area contributed by atoms with Crippen molar-refractivity contribution in [2.75, 3.05) is 11.9 Å². The number of nitrogens with one attached hydrogen (secondary N) is 2. The monoisotopic (exact) mass is 431 g/mol. The molecular weight excluding hydrogens is 410 g/mol. The molecule has 1 saturated carbocycles. The number of rotatable bonds is 7. The van der Waals surface area contributed by atoms with Crippen molar-refractivity contribution in [1.29, 1.82) is 0 Å². The van der Waals surface area contributed by atoms with Gasteiger partial charge in [-0.25, -0.2) is 4.98 Å². The number of nitrogens with zero attached hydrogens (tertiary/aromatic N) is 1. The zero-order valence-electron chi connectivity index (χ0n) is 15.7. The molecule has 0 saturated heterocycles. The average molecular weight is 432 g/mol. The second-order valence-corrected chi connectivity index (χ2v) is 10.2. The number of anilines is 1. The van der Waals surface area contributed by atoms with Gasteiger partial charge in [-0.05, 0) is 56.9 Å². The Kier molecular flexibility index (Phi) is 5.61. The van der Waals surface area contributed by atoms with Crippen molar-refractivity contribution in [3.63, 3.8) is 0 Å². The van der Waals surface area contributed by atoms with Crippen LogP contribution in [0.25, 0.3) is 10.6 Å². The van der Waals surface area contributed by atoms with E-state index in [4.69, 9.17) is 0 Å². The van der Waals surface area contributed by atoms with Crippen molar-refractivity contribution >= 4 is 50.8 Å². The summed E-state index contributed by atoms with van der Waals surface area (Å²) in [4.78, 5) is 32.0. The standard InChI is InChI=1S/C20H21N3O2S3/c1-11-9-17(23-19(24)13-3-4-13)28-18(11)20(25)21-8-7-14-5-6-16(27-14)15-10-26-12(2)22-15/h5-6,9-10,13H,3-4,7-8H2,1-2H3,(H,21,25)(H,23,24). The zero-order valence-corrected chi connectivity index (χ0v) is 18.2. The Bertz CT molecular complexity index is 1010. The Balaban J connectivity index is 1.30. The Morgan fingerprint density at radius 1 is 1.21 bits per heavy atom. The fourth-order valence-electron chi connectivity index (χ4n) is 2.84. The second kappa shape index (κ2) is 8.14. The largest absolute Gasteiger partial charge is 0.351 e. The minimum Gasteiger partial charge on any atom is -0.351 e. The van der Waals surface area contributed by atoms with E-state index in [-0.39, 0.29) is 17.7 Å². The molecule has 0 atom stereocenters. The lowest BCUT2D eigenvalue weighted by Crippen LogP contribution is -2.25. The topological polar surface area (TPSA) is 71.1 Å². The van der Waals surface area contributed by atoms with Gasteiger partial charge in [0.05, 0.1) is 25.5 Å². The Hall–Kier alpha value is -2.03. The van der Waals surface area contributed by atoms with Crippen molar-refractivity contribution < 1.29 is 9.59 Å². The number of aryl methyl sites for hydroxylation is 2. The van der Waals surface area contributed by atoms with Gasteiger partial charge in [0, 0.05) is 22.7 Å². The summed E-state index contributed by atoms with van der Waals surface area (Å²) < 4.78 is 0. The summed E-state index contributed by atoms with van der Waals surface area (Å²) in [6, 6.07) is 6.07. The number of amides is 2. The average Bonchev–Trinajstić information content (AvgIpc) is 3.07. The molecule has 5 nitrogen and oxygen atoms in total. The van der Waals surface area contributed by atoms with Crippen molar-refractivity contribution in [1.82, 2.24) is 10.3 Å². The number of aromatic nitrogens is 1. The van der Waals surface area contributed by atoms with Crippen LogP contribution in [-0.4, -0.2) is 23.3 Å². The van der Waals surface area contributed by atoms with Crippen LogP contribution in [0.15, 0.2) is 23.6 Å². The van der Waals surface area contributed by atoms with Gasteiger partial charge in [-0.3, -0.25) is 9.59 Å². The van der Waals surface area contributed by atoms with Gasteiger partial charge < -0.3 is 10.6 Å². The maximum atomic E-state index is 12.5. The third-order valence-electron chi connectivity index (χ3n) is 4.51. The Labute approximate surface area is 175 Å². The number of thiophene rings is 2. The van der Waals surface area contributed by atoms with Crippen molar-refractivity contribution in [3.8, 4) is 10.6 Å². The lowest BCUT2D eigenvalue weighted by Gasteiger charge is -2.03. The minimum absolute atomic E-state index is 0.0667. The maximum absolute atomic E-state index is 12.5. The van der Waals surface area contributed by atoms with Crippen LogP contribution < -0.4 is 10.6 Å². The number of thiazole rings is 1. The minimum atomic E-state index is -0.0821. The van der Waals surface area contributed by atoms with Crippen LogP contribution in [0.5, 0.6) is 0 Å². The lowest BCUT2D eigenvalue weighted by atomic mass is 10.2. The molecule has 0 spiro atoms. The first kappa shape index (κ1) is 19.3. The van der Waals surface area contributed by atoms with E-state index in [9.17, 15) is 9.59 Å². The molecule has 4 rings (SSSR count). The first-order valence-corrected chi connectivity index (χ1v) is 11.7. The van der Waals surface area contributed by atoms with Crippen molar-refractivity contribution in [2.45, 2.75) is 33.1 Å². The molecule has 28 heavy (non-hydrogen) atoms. The fraction of sp³-hybridized carbons (Fsp3) is 0.350. The summed E-state index contributed by atoms with van der Waals surface area (Å²) in [7, 11) is 0. The van der Waals surface area contributed by atoms with Crippen LogP contribution in [0.4, 0.5) is 5.00 Å². The maximum Gasteiger partial charge on any atom is 0.261 e. The summed E-state index contributed by atoms with van der Waals surface area (Å²) in [5.74, 6) is 0.141. The molecule has 2 N–H and O–H groups in total. The lowest BCUT2D eigenvalue weighted by molar-refractivity contribution is -0.117. The molecule has 0 radical (unpaired) electrons. The highest BCUT2D eigenvalue weighted by atomic mass is 32.1. The summed E-state index contributed by atoms with van der Waals surface area (Å²) in [5, 5.41) is 9.81. The first-order valence-electron chi connectivity index (χ1n) is 9.20. The van der Waals surface area contributed by atoms with Gasteiger partial charge in [0.15, 0.2) is 0 Å². The fourth-order valence-corrected chi connectivity index (χ4v) is 5.49. The zero-order chi connectivity index (χ0) is 19.7. The molecule has 3 aromatic rings. The molecule has 0 aliphatic heterocycles. The van der Waals surface area contributed by atoms with E-state index >= 15 is 0 Å². The smallest absolute Gasteiger partial charge is 0.261 e. The number of hydrogen-bond donors (Lipinski definition) is 2. The predicted octanol–water partition coefficient (Wildman–Crippen LogP) is 4.87. The molecule has 1 aliphatic carbocycles. The van der Waals surface area contributed by atoms with E-state index in [0.29, 0.717) is 11.4 Å². The van der Waals surface area contributed by atoms with Gasteiger partial charge in [0.25, 0.3) is 5.91 Å². The summed E-state index contributed by atoms with van der Waals surface area (Å²) >= 11 is 4.71. The third-order valence-corrected chi connectivity index (χ3v) is 7.60. The number of hydrogen-bond acceptors (Lipinski definition) is 6. The van der Waals surface area contributed by atoms with E-state index in [1.807, 2.05) is 19.9 Å². The van der Waals surface area contributed by atoms with Gasteiger partial charge >= 0.3 is 0 Å². The number of carbonyl (C=O) groups excluding carboxylic acids is 2. The molecule has 0 bridgehead atoms. The highest BCUT2D eigenvalue weighted by Gasteiger charge is 2.30. The van der Waals surface area contributed by atoms with Gasteiger partial charge in [-0.15, -0.1) is 34.0 Å². The highest BCUT2D eigenvalue weighted by Crippen LogP contribution is 2.33. The molecular formula is C20H21N3O2S3. The quantitative estimate of drug-likeness (QED) is 0.561. The van der Waals surface area contributed by atoms with Crippen LogP contribution in [0, 0.1) is 19.8 Å². The van der Waals surface area contributed by atoms with Crippen LogP contribution in [-0.2, 0) is 11.2 Å². The second-order valence-electron chi connectivity index (χ2n) is 6.91. The van der Waals surface area contributed by atoms with Gasteiger partial charge in [-0.2, -0.15) is 0 Å². The normalized spacial score (nSPS) is 13.5. The predicted molar refractivity (Wildman–Crippen MR) is 117 cm³/mol. The van der Waals surface area contributed by atoms with E-state index in [1.54, 1.807) is 22.7 Å². The van der Waals surface area contributed by atoms with Gasteiger partial charge in [0.1, 0.15) is 0 Å². The SMILES string of the molecule is Cc1nc(-c2ccc(CCNC(=O)c3sc(NC(=O)C4CC4)cc3C)s2)cs1. The van der Waals surface area contributed by atoms with Crippen molar-refractivity contribution in [3.05, 3.63) is 43.9 Å². The first-order chi connectivity index (χ1) is 13.5. The molecule has 8 heteroatoms. The number of carbonyl (C=O) groups is 2. The molecule has 2 amide bonds. The van der Waals surface area contributed by atoms with E-state index in [1.165, 1.54) is 16.2 Å². The summed E-state index contributed by atoms with van der Waals surface area (Å²) in [5.41, 5.74) is 1.92. The molecule has 1 fully saturated rings. The van der Waals surface area contributed by atoms with Crippen LogP contribution in [0.1, 0.15) is 38.0 Å². The van der Waals surface area contributed by atoms with E-state index in [0.717, 1.165) is 45.4 Å². The van der Waals surface area contributed by atoms with Crippen LogP contribution in [0.3, 0.4) is 0 Å². The van der Waals surface area contributed by atoms with Crippen molar-refractivity contribution in [2.24, 2.45) is 5.92 Å². The molecule has 1 aliphatic rings. The summed E-state index contributed by atoms with van der Waals surface area (Å²) in [6.45, 7) is 4.49. The summed E-state index contributed by atoms with van der Waals surface area (Å²) in [6.07, 6.45) is 2.72. The third kappa shape index (κ3) is 4.51. The van der Waals surface area contributed by atoms with E-state index < -0.39 is 0 Å². The van der Waals surface area contributed by atoms with E-state index in [2.05, 4.69) is 33.1 Å². The highest BCUT2D eigenvalue weighted by molar-refractivity contribution is 7.18. The molecule has 146 valence electrons. The Morgan fingerprint density at radius 2 is 2.04 bits per heavy atom. The Morgan fingerprint density at radius 3 is 2.75 bits per heavy atom. The van der Waals surface area contributed by atoms with Crippen LogP contribution in [0.2, 0.25) is 0 Å². The van der Waals surface area contributed by atoms with Gasteiger partial charge in [0.2, 0.25) is 5.91 Å². The molecule has 0 aromatic carbocycles. The molecule has 3 heterocycles.